The molecule has 6 nitrogen and oxygen atoms in total. The minimum absolute atomic E-state index is 0.110. The number of carbonyl (C=O) groups excluding carboxylic acids is 1. The number of aliphatic hydroxyl groups is 1. The molecule has 0 aliphatic carbocycles. The summed E-state index contributed by atoms with van der Waals surface area (Å²) >= 11 is 3.34. The van der Waals surface area contributed by atoms with Gasteiger partial charge in [0.15, 0.2) is 11.4 Å². The van der Waals surface area contributed by atoms with Crippen LogP contribution in [0.2, 0.25) is 0 Å². The van der Waals surface area contributed by atoms with Gasteiger partial charge < -0.3 is 9.84 Å². The Hall–Kier alpha value is -3.29. The van der Waals surface area contributed by atoms with Crippen LogP contribution in [-0.2, 0) is 10.4 Å². The van der Waals surface area contributed by atoms with Crippen LogP contribution in [0.5, 0.6) is 5.75 Å². The van der Waals surface area contributed by atoms with Gasteiger partial charge >= 0.3 is 5.97 Å². The summed E-state index contributed by atoms with van der Waals surface area (Å²) in [5, 5.41) is 12.1. The Labute approximate surface area is 179 Å². The van der Waals surface area contributed by atoms with Crippen molar-refractivity contribution < 1.29 is 14.6 Å². The van der Waals surface area contributed by atoms with Gasteiger partial charge in [-0.2, -0.15) is 0 Å². The van der Waals surface area contributed by atoms with Gasteiger partial charge in [-0.3, -0.25) is 14.2 Å². The molecule has 7 heteroatoms. The zero-order chi connectivity index (χ0) is 20.9. The van der Waals surface area contributed by atoms with E-state index < -0.39 is 11.6 Å². The molecule has 0 spiro atoms. The summed E-state index contributed by atoms with van der Waals surface area (Å²) in [6.07, 6.45) is -0.388. The van der Waals surface area contributed by atoms with E-state index in [1.807, 2.05) is 6.07 Å². The summed E-state index contributed by atoms with van der Waals surface area (Å²) in [6.45, 7) is 0. The number of benzene rings is 3. The molecule has 0 saturated heterocycles. The number of aromatic nitrogens is 2. The molecule has 1 N–H and O–H groups in total. The van der Waals surface area contributed by atoms with Crippen LogP contribution in [0.15, 0.2) is 82.1 Å². The molecule has 1 aliphatic heterocycles. The highest BCUT2D eigenvalue weighted by molar-refractivity contribution is 9.10. The fourth-order valence-electron chi connectivity index (χ4n) is 3.85. The van der Waals surface area contributed by atoms with Crippen molar-refractivity contribution in [3.63, 3.8) is 0 Å². The number of halogens is 1. The Morgan fingerprint density at radius 3 is 2.67 bits per heavy atom. The summed E-state index contributed by atoms with van der Waals surface area (Å²) in [5.41, 5.74) is -0.674. The Morgan fingerprint density at radius 2 is 1.83 bits per heavy atom. The van der Waals surface area contributed by atoms with Gasteiger partial charge in [0, 0.05) is 10.0 Å². The van der Waals surface area contributed by atoms with Crippen molar-refractivity contribution >= 4 is 32.8 Å². The van der Waals surface area contributed by atoms with Crippen molar-refractivity contribution in [3.8, 4) is 11.4 Å². The van der Waals surface area contributed by atoms with Crippen LogP contribution in [0.25, 0.3) is 16.6 Å². The van der Waals surface area contributed by atoms with E-state index in [1.54, 1.807) is 66.7 Å². The first kappa shape index (κ1) is 18.7. The van der Waals surface area contributed by atoms with E-state index in [1.165, 1.54) is 4.57 Å². The van der Waals surface area contributed by atoms with E-state index in [2.05, 4.69) is 20.9 Å². The first-order valence-corrected chi connectivity index (χ1v) is 10.1. The largest absolute Gasteiger partial charge is 0.426 e. The molecular weight excluding hydrogens is 448 g/mol. The van der Waals surface area contributed by atoms with Gasteiger partial charge in [0.25, 0.3) is 5.56 Å². The van der Waals surface area contributed by atoms with Gasteiger partial charge in [0.1, 0.15) is 5.75 Å². The smallest absolute Gasteiger partial charge is 0.314 e. The number of hydrogen-bond acceptors (Lipinski definition) is 5. The van der Waals surface area contributed by atoms with E-state index in [4.69, 9.17) is 4.74 Å². The highest BCUT2D eigenvalue weighted by Crippen LogP contribution is 2.42. The maximum atomic E-state index is 13.2. The number of hydrogen-bond donors (Lipinski definition) is 1. The summed E-state index contributed by atoms with van der Waals surface area (Å²) in [5.74, 6) is -0.173. The average molecular weight is 463 g/mol. The molecule has 1 aliphatic rings. The summed E-state index contributed by atoms with van der Waals surface area (Å²) in [7, 11) is 0. The molecule has 0 bridgehead atoms. The molecule has 148 valence electrons. The van der Waals surface area contributed by atoms with Crippen molar-refractivity contribution in [1.29, 1.82) is 0 Å². The third-order valence-corrected chi connectivity index (χ3v) is 5.66. The van der Waals surface area contributed by atoms with Crippen molar-refractivity contribution in [2.24, 2.45) is 0 Å². The van der Waals surface area contributed by atoms with Crippen molar-refractivity contribution in [2.45, 2.75) is 12.0 Å². The zero-order valence-corrected chi connectivity index (χ0v) is 17.2. The molecule has 2 heterocycles. The number of fused-ring (bicyclic) bond motifs is 4. The number of carbonyl (C=O) groups is 1. The molecule has 0 amide bonds. The first-order valence-electron chi connectivity index (χ1n) is 9.28. The molecule has 0 saturated carbocycles. The van der Waals surface area contributed by atoms with Gasteiger partial charge in [-0.05, 0) is 36.4 Å². The van der Waals surface area contributed by atoms with E-state index in [-0.39, 0.29) is 17.8 Å². The van der Waals surface area contributed by atoms with E-state index in [0.717, 1.165) is 4.47 Å². The van der Waals surface area contributed by atoms with Crippen molar-refractivity contribution in [3.05, 3.63) is 99.0 Å². The van der Waals surface area contributed by atoms with E-state index >= 15 is 0 Å². The summed E-state index contributed by atoms with van der Waals surface area (Å²) in [6, 6.07) is 20.8. The van der Waals surface area contributed by atoms with Crippen LogP contribution < -0.4 is 10.3 Å². The number of rotatable bonds is 3. The third kappa shape index (κ3) is 2.86. The number of nitrogens with zero attached hydrogens (tertiary/aromatic N) is 2. The lowest BCUT2D eigenvalue weighted by molar-refractivity contribution is -0.138. The lowest BCUT2D eigenvalue weighted by Gasteiger charge is -2.22. The Morgan fingerprint density at radius 1 is 1.07 bits per heavy atom. The van der Waals surface area contributed by atoms with Crippen molar-refractivity contribution in [2.75, 3.05) is 0 Å². The second-order valence-corrected chi connectivity index (χ2v) is 7.99. The molecule has 0 radical (unpaired) electrons. The number of para-hydroxylation sites is 2. The predicted octanol–water partition coefficient (Wildman–Crippen LogP) is 3.69. The highest BCUT2D eigenvalue weighted by Gasteiger charge is 2.46. The Bertz CT molecular complexity index is 1380. The average Bonchev–Trinajstić information content (AvgIpc) is 2.97. The van der Waals surface area contributed by atoms with Crippen LogP contribution in [0, 0.1) is 0 Å². The Balaban J connectivity index is 1.63. The topological polar surface area (TPSA) is 81.4 Å². The molecule has 1 atom stereocenters. The lowest BCUT2D eigenvalue weighted by Crippen LogP contribution is -2.33. The fourth-order valence-corrected chi connectivity index (χ4v) is 4.23. The standard InChI is InChI=1S/C23H15BrN2O4/c24-14-6-5-7-15(12-14)30-20(27)13-23(29)17-9-2-4-11-19(17)26-21(28)16-8-1-3-10-18(16)25-22(23)26/h1-12,29H,13H2/t23-/m0/s1. The van der Waals surface area contributed by atoms with Crippen LogP contribution >= 0.6 is 15.9 Å². The second-order valence-electron chi connectivity index (χ2n) is 7.08. The van der Waals surface area contributed by atoms with Gasteiger partial charge in [-0.15, -0.1) is 0 Å². The summed E-state index contributed by atoms with van der Waals surface area (Å²) in [4.78, 5) is 30.5. The molecule has 3 aromatic carbocycles. The molecule has 0 fully saturated rings. The fraction of sp³-hybridized carbons (Fsp3) is 0.0870. The summed E-state index contributed by atoms with van der Waals surface area (Å²) < 4.78 is 7.57. The van der Waals surface area contributed by atoms with Gasteiger partial charge in [0.05, 0.1) is 23.0 Å². The van der Waals surface area contributed by atoms with Crippen LogP contribution in [0.4, 0.5) is 0 Å². The molecular formula is C23H15BrN2O4. The van der Waals surface area contributed by atoms with Crippen LogP contribution in [0.1, 0.15) is 17.8 Å². The molecule has 5 rings (SSSR count). The zero-order valence-electron chi connectivity index (χ0n) is 15.6. The maximum absolute atomic E-state index is 13.2. The van der Waals surface area contributed by atoms with Crippen LogP contribution in [-0.4, -0.2) is 20.6 Å². The normalized spacial score (nSPS) is 16.9. The van der Waals surface area contributed by atoms with Gasteiger partial charge in [-0.1, -0.05) is 52.3 Å². The van der Waals surface area contributed by atoms with Gasteiger partial charge in [-0.25, -0.2) is 4.98 Å². The number of esters is 1. The molecule has 1 aromatic heterocycles. The predicted molar refractivity (Wildman–Crippen MR) is 115 cm³/mol. The molecule has 4 aromatic rings. The third-order valence-electron chi connectivity index (χ3n) is 5.16. The Kier molecular flexibility index (Phi) is 4.30. The van der Waals surface area contributed by atoms with Gasteiger partial charge in [0.2, 0.25) is 0 Å². The number of ether oxygens (including phenoxy) is 1. The van der Waals surface area contributed by atoms with Crippen molar-refractivity contribution in [1.82, 2.24) is 9.55 Å². The van der Waals surface area contributed by atoms with E-state index in [9.17, 15) is 14.7 Å². The van der Waals surface area contributed by atoms with Crippen LogP contribution in [0.3, 0.4) is 0 Å². The monoisotopic (exact) mass is 462 g/mol. The lowest BCUT2D eigenvalue weighted by atomic mass is 9.91. The maximum Gasteiger partial charge on any atom is 0.314 e. The van der Waals surface area contributed by atoms with E-state index in [0.29, 0.717) is 27.9 Å². The first-order chi connectivity index (χ1) is 14.5. The molecule has 0 unspecified atom stereocenters. The highest BCUT2D eigenvalue weighted by atomic mass is 79.9. The second kappa shape index (κ2) is 6.90. The quantitative estimate of drug-likeness (QED) is 0.370. The minimum Gasteiger partial charge on any atom is -0.426 e. The SMILES string of the molecule is O=C(C[C@]1(O)c2ccccc2-n2c1nc1ccccc1c2=O)Oc1cccc(Br)c1. The molecule has 30 heavy (non-hydrogen) atoms. The minimum atomic E-state index is -1.79.